The summed E-state index contributed by atoms with van der Waals surface area (Å²) in [4.78, 5) is 0. The summed E-state index contributed by atoms with van der Waals surface area (Å²) in [7, 11) is 0. The molecule has 0 aliphatic rings. The Kier molecular flexibility index (Phi) is 3.31. The van der Waals surface area contributed by atoms with Crippen LogP contribution in [-0.2, 0) is 0 Å². The molecule has 0 saturated carbocycles. The zero-order valence-electron chi connectivity index (χ0n) is 7.79. The number of hydrogen-bond donors (Lipinski definition) is 2. The van der Waals surface area contributed by atoms with Crippen molar-refractivity contribution in [1.29, 1.82) is 0 Å². The molecule has 3 heteroatoms. The number of halogens is 1. The number of nitrogens with two attached hydrogens (primary N) is 1. The van der Waals surface area contributed by atoms with Crippen LogP contribution in [0.5, 0.6) is 0 Å². The molecule has 0 amide bonds. The van der Waals surface area contributed by atoms with Crippen LogP contribution in [0.3, 0.4) is 0 Å². The van der Waals surface area contributed by atoms with Gasteiger partial charge in [0.25, 0.3) is 0 Å². The molecule has 0 spiro atoms. The normalized spacial score (nSPS) is 15.5. The average molecular weight is 200 g/mol. The minimum absolute atomic E-state index is 0.337. The fraction of sp³-hybridized carbons (Fsp3) is 0.400. The maximum Gasteiger partial charge on any atom is 0.0704 e. The van der Waals surface area contributed by atoms with E-state index in [0.717, 1.165) is 16.1 Å². The standard InChI is InChI=1S/C10H14ClNO/c1-6-5-8(3-4-9(6)11)10(12)7(2)13/h3-5,7,10,13H,12H2,1-2H3/t7?,10-/m1/s1. The Hall–Kier alpha value is -0.570. The predicted octanol–water partition coefficient (Wildman–Crippen LogP) is 2.03. The van der Waals surface area contributed by atoms with Crippen LogP contribution in [0.15, 0.2) is 18.2 Å². The van der Waals surface area contributed by atoms with Crippen LogP contribution in [0.2, 0.25) is 5.02 Å². The van der Waals surface area contributed by atoms with E-state index in [1.165, 1.54) is 0 Å². The van der Waals surface area contributed by atoms with Crippen molar-refractivity contribution in [1.82, 2.24) is 0 Å². The lowest BCUT2D eigenvalue weighted by Gasteiger charge is -2.15. The Morgan fingerprint density at radius 1 is 1.46 bits per heavy atom. The Balaban J connectivity index is 2.97. The highest BCUT2D eigenvalue weighted by atomic mass is 35.5. The molecule has 0 aromatic heterocycles. The number of benzene rings is 1. The molecule has 0 heterocycles. The first-order valence-electron chi connectivity index (χ1n) is 4.22. The van der Waals surface area contributed by atoms with Crippen molar-refractivity contribution >= 4 is 11.6 Å². The zero-order chi connectivity index (χ0) is 10.0. The van der Waals surface area contributed by atoms with Crippen LogP contribution in [0, 0.1) is 6.92 Å². The SMILES string of the molecule is Cc1cc([C@H](N)C(C)O)ccc1Cl. The van der Waals surface area contributed by atoms with Crippen LogP contribution in [-0.4, -0.2) is 11.2 Å². The molecule has 0 aliphatic heterocycles. The fourth-order valence-electron chi connectivity index (χ4n) is 1.15. The Bertz CT molecular complexity index is 299. The maximum absolute atomic E-state index is 9.28. The molecule has 1 rings (SSSR count). The van der Waals surface area contributed by atoms with Gasteiger partial charge in [0.05, 0.1) is 12.1 Å². The highest BCUT2D eigenvalue weighted by molar-refractivity contribution is 6.31. The first-order valence-corrected chi connectivity index (χ1v) is 4.60. The van der Waals surface area contributed by atoms with Gasteiger partial charge in [-0.25, -0.2) is 0 Å². The van der Waals surface area contributed by atoms with E-state index in [2.05, 4.69) is 0 Å². The van der Waals surface area contributed by atoms with Gasteiger partial charge in [-0.2, -0.15) is 0 Å². The van der Waals surface area contributed by atoms with Gasteiger partial charge >= 0.3 is 0 Å². The first kappa shape index (κ1) is 10.5. The van der Waals surface area contributed by atoms with Crippen LogP contribution >= 0.6 is 11.6 Å². The molecule has 1 aromatic carbocycles. The van der Waals surface area contributed by atoms with Crippen LogP contribution < -0.4 is 5.73 Å². The molecule has 3 N–H and O–H groups in total. The van der Waals surface area contributed by atoms with Crippen molar-refractivity contribution in [2.45, 2.75) is 26.0 Å². The lowest BCUT2D eigenvalue weighted by atomic mass is 10.0. The van der Waals surface area contributed by atoms with Gasteiger partial charge in [-0.3, -0.25) is 0 Å². The third-order valence-electron chi connectivity index (χ3n) is 2.09. The molecule has 72 valence electrons. The van der Waals surface area contributed by atoms with Crippen molar-refractivity contribution in [3.8, 4) is 0 Å². The van der Waals surface area contributed by atoms with Gasteiger partial charge in [0, 0.05) is 5.02 Å². The summed E-state index contributed by atoms with van der Waals surface area (Å²) in [5.74, 6) is 0. The second-order valence-corrected chi connectivity index (χ2v) is 3.68. The summed E-state index contributed by atoms with van der Waals surface area (Å²) in [6.07, 6.45) is -0.541. The van der Waals surface area contributed by atoms with E-state index in [1.807, 2.05) is 19.1 Å². The summed E-state index contributed by atoms with van der Waals surface area (Å²) in [5.41, 5.74) is 7.66. The van der Waals surface area contributed by atoms with Crippen molar-refractivity contribution in [2.75, 3.05) is 0 Å². The average Bonchev–Trinajstić information content (AvgIpc) is 2.08. The molecule has 0 aliphatic carbocycles. The third kappa shape index (κ3) is 2.44. The summed E-state index contributed by atoms with van der Waals surface area (Å²) >= 11 is 5.86. The molecule has 0 bridgehead atoms. The number of aryl methyl sites for hydroxylation is 1. The maximum atomic E-state index is 9.28. The minimum atomic E-state index is -0.541. The summed E-state index contributed by atoms with van der Waals surface area (Å²) < 4.78 is 0. The van der Waals surface area contributed by atoms with Crippen LogP contribution in [0.25, 0.3) is 0 Å². The van der Waals surface area contributed by atoms with E-state index >= 15 is 0 Å². The summed E-state index contributed by atoms with van der Waals surface area (Å²) in [6, 6.07) is 5.21. The van der Waals surface area contributed by atoms with E-state index in [1.54, 1.807) is 13.0 Å². The Morgan fingerprint density at radius 3 is 2.54 bits per heavy atom. The molecule has 0 fully saturated rings. The predicted molar refractivity (Wildman–Crippen MR) is 54.8 cm³/mol. The number of rotatable bonds is 2. The van der Waals surface area contributed by atoms with Crippen molar-refractivity contribution < 1.29 is 5.11 Å². The van der Waals surface area contributed by atoms with Crippen molar-refractivity contribution in [2.24, 2.45) is 5.73 Å². The van der Waals surface area contributed by atoms with E-state index in [0.29, 0.717) is 0 Å². The van der Waals surface area contributed by atoms with Gasteiger partial charge in [0.15, 0.2) is 0 Å². The van der Waals surface area contributed by atoms with Crippen LogP contribution in [0.4, 0.5) is 0 Å². The highest BCUT2D eigenvalue weighted by Gasteiger charge is 2.12. The Morgan fingerprint density at radius 2 is 2.08 bits per heavy atom. The minimum Gasteiger partial charge on any atom is -0.391 e. The topological polar surface area (TPSA) is 46.2 Å². The monoisotopic (exact) mass is 199 g/mol. The largest absolute Gasteiger partial charge is 0.391 e. The number of aliphatic hydroxyl groups is 1. The molecule has 1 unspecified atom stereocenters. The highest BCUT2D eigenvalue weighted by Crippen LogP contribution is 2.21. The quantitative estimate of drug-likeness (QED) is 0.766. The summed E-state index contributed by atoms with van der Waals surface area (Å²) in [6.45, 7) is 3.59. The molecule has 13 heavy (non-hydrogen) atoms. The number of aliphatic hydroxyl groups excluding tert-OH is 1. The van der Waals surface area contributed by atoms with Crippen molar-refractivity contribution in [3.05, 3.63) is 34.3 Å². The lowest BCUT2D eigenvalue weighted by molar-refractivity contribution is 0.164. The van der Waals surface area contributed by atoms with Crippen LogP contribution in [0.1, 0.15) is 24.1 Å². The molecule has 1 aromatic rings. The molecule has 0 radical (unpaired) electrons. The molecular weight excluding hydrogens is 186 g/mol. The molecule has 0 saturated heterocycles. The van der Waals surface area contributed by atoms with E-state index in [4.69, 9.17) is 17.3 Å². The molecule has 2 atom stereocenters. The van der Waals surface area contributed by atoms with Gasteiger partial charge in [0.2, 0.25) is 0 Å². The van der Waals surface area contributed by atoms with Crippen molar-refractivity contribution in [3.63, 3.8) is 0 Å². The van der Waals surface area contributed by atoms with E-state index < -0.39 is 6.10 Å². The second-order valence-electron chi connectivity index (χ2n) is 3.28. The van der Waals surface area contributed by atoms with E-state index in [9.17, 15) is 5.11 Å². The smallest absolute Gasteiger partial charge is 0.0704 e. The zero-order valence-corrected chi connectivity index (χ0v) is 8.55. The molecule has 2 nitrogen and oxygen atoms in total. The van der Waals surface area contributed by atoms with Gasteiger partial charge in [-0.05, 0) is 31.0 Å². The molecular formula is C10H14ClNO. The second kappa shape index (κ2) is 4.09. The van der Waals surface area contributed by atoms with Gasteiger partial charge < -0.3 is 10.8 Å². The number of hydrogen-bond acceptors (Lipinski definition) is 2. The summed E-state index contributed by atoms with van der Waals surface area (Å²) in [5, 5.41) is 10.0. The van der Waals surface area contributed by atoms with Gasteiger partial charge in [-0.15, -0.1) is 0 Å². The first-order chi connectivity index (χ1) is 6.02. The Labute approximate surface area is 83.3 Å². The van der Waals surface area contributed by atoms with Gasteiger partial charge in [0.1, 0.15) is 0 Å². The third-order valence-corrected chi connectivity index (χ3v) is 2.51. The van der Waals surface area contributed by atoms with E-state index in [-0.39, 0.29) is 6.04 Å². The lowest BCUT2D eigenvalue weighted by Crippen LogP contribution is -2.23. The fourth-order valence-corrected chi connectivity index (χ4v) is 1.27. The van der Waals surface area contributed by atoms with Gasteiger partial charge in [-0.1, -0.05) is 23.7 Å².